The number of benzene rings is 1. The fraction of sp³-hybridized carbons (Fsp3) is 0.812. The third-order valence-corrected chi connectivity index (χ3v) is 7.46. The highest BCUT2D eigenvalue weighted by Gasteiger charge is 2.28. The van der Waals surface area contributed by atoms with Crippen molar-refractivity contribution in [2.45, 2.75) is 168 Å². The van der Waals surface area contributed by atoms with E-state index in [0.717, 1.165) is 0 Å². The predicted molar refractivity (Wildman–Crippen MR) is 151 cm³/mol. The van der Waals surface area contributed by atoms with Crippen LogP contribution in [0.15, 0.2) is 30.3 Å². The van der Waals surface area contributed by atoms with Crippen LogP contribution in [0.4, 0.5) is 5.69 Å². The largest absolute Gasteiger partial charge is 0.380 e. The number of unbranched alkanes of at least 4 members (excludes halogenated alkanes) is 16. The van der Waals surface area contributed by atoms with E-state index < -0.39 is 0 Å². The molecule has 0 unspecified atom stereocenters. The average molecular weight is 458 g/mol. The van der Waals surface area contributed by atoms with Crippen molar-refractivity contribution in [3.8, 4) is 0 Å². The summed E-state index contributed by atoms with van der Waals surface area (Å²) in [4.78, 5) is 0. The van der Waals surface area contributed by atoms with Gasteiger partial charge in [0.1, 0.15) is 0 Å². The lowest BCUT2D eigenvalue weighted by atomic mass is 9.81. The van der Waals surface area contributed by atoms with E-state index in [4.69, 9.17) is 0 Å². The molecule has 33 heavy (non-hydrogen) atoms. The van der Waals surface area contributed by atoms with Crippen LogP contribution in [0.1, 0.15) is 162 Å². The van der Waals surface area contributed by atoms with Gasteiger partial charge in [-0.05, 0) is 31.4 Å². The SMILES string of the molecule is CCCCCCCCCC(CCCCCCCC)(CCCCCCCC)Nc1ccccc1. The number of para-hydroxylation sites is 1. The fourth-order valence-corrected chi connectivity index (χ4v) is 5.30. The monoisotopic (exact) mass is 457 g/mol. The minimum absolute atomic E-state index is 0.292. The first-order valence-electron chi connectivity index (χ1n) is 15.1. The summed E-state index contributed by atoms with van der Waals surface area (Å²) in [6, 6.07) is 11.1. The lowest BCUT2D eigenvalue weighted by Gasteiger charge is -2.37. The topological polar surface area (TPSA) is 12.0 Å². The van der Waals surface area contributed by atoms with Gasteiger partial charge in [0.15, 0.2) is 0 Å². The average Bonchev–Trinajstić information content (AvgIpc) is 2.83. The minimum atomic E-state index is 0.292. The molecule has 1 rings (SSSR count). The lowest BCUT2D eigenvalue weighted by molar-refractivity contribution is 0.330. The number of hydrogen-bond acceptors (Lipinski definition) is 1. The third-order valence-electron chi connectivity index (χ3n) is 7.46. The quantitative estimate of drug-likeness (QED) is 0.152. The summed E-state index contributed by atoms with van der Waals surface area (Å²) >= 11 is 0. The molecule has 0 aliphatic heterocycles. The van der Waals surface area contributed by atoms with Crippen molar-refractivity contribution < 1.29 is 0 Å². The number of nitrogens with one attached hydrogen (secondary N) is 1. The van der Waals surface area contributed by atoms with Gasteiger partial charge in [0.2, 0.25) is 0 Å². The molecular weight excluding hydrogens is 398 g/mol. The molecule has 192 valence electrons. The summed E-state index contributed by atoms with van der Waals surface area (Å²) in [6.45, 7) is 6.95. The van der Waals surface area contributed by atoms with Gasteiger partial charge >= 0.3 is 0 Å². The highest BCUT2D eigenvalue weighted by atomic mass is 15.0. The van der Waals surface area contributed by atoms with Crippen LogP contribution in [0, 0.1) is 0 Å². The van der Waals surface area contributed by atoms with Crippen LogP contribution in [-0.2, 0) is 0 Å². The molecule has 0 atom stereocenters. The molecule has 0 saturated carbocycles. The van der Waals surface area contributed by atoms with Crippen molar-refractivity contribution in [3.05, 3.63) is 30.3 Å². The second kappa shape index (κ2) is 21.5. The molecule has 1 heteroatoms. The van der Waals surface area contributed by atoms with E-state index in [0.29, 0.717) is 5.54 Å². The second-order valence-corrected chi connectivity index (χ2v) is 10.7. The van der Waals surface area contributed by atoms with Gasteiger partial charge in [0, 0.05) is 11.2 Å². The summed E-state index contributed by atoms with van der Waals surface area (Å²) in [5.41, 5.74) is 1.62. The Morgan fingerprint density at radius 1 is 0.455 bits per heavy atom. The van der Waals surface area contributed by atoms with Crippen LogP contribution in [0.3, 0.4) is 0 Å². The summed E-state index contributed by atoms with van der Waals surface area (Å²) in [5.74, 6) is 0. The standard InChI is InChI=1S/C32H59N/c1-4-7-10-13-16-19-25-30-32(28-23-17-14-11-8-5-2,29-24-18-15-12-9-6-3)33-31-26-21-20-22-27-31/h20-22,26-27,33H,4-19,23-25,28-30H2,1-3H3. The zero-order valence-electron chi connectivity index (χ0n) is 22.9. The van der Waals surface area contributed by atoms with E-state index >= 15 is 0 Å². The lowest BCUT2D eigenvalue weighted by Crippen LogP contribution is -2.38. The van der Waals surface area contributed by atoms with E-state index in [1.807, 2.05) is 0 Å². The molecule has 0 bridgehead atoms. The normalized spacial score (nSPS) is 11.7. The number of anilines is 1. The predicted octanol–water partition coefficient (Wildman–Crippen LogP) is 11.5. The summed E-state index contributed by atoms with van der Waals surface area (Å²) in [7, 11) is 0. The molecule has 1 aromatic carbocycles. The molecular formula is C32H59N. The van der Waals surface area contributed by atoms with E-state index in [2.05, 4.69) is 56.4 Å². The molecule has 0 heterocycles. The van der Waals surface area contributed by atoms with E-state index in [1.165, 1.54) is 147 Å². The molecule has 0 aliphatic rings. The van der Waals surface area contributed by atoms with Gasteiger partial charge in [-0.15, -0.1) is 0 Å². The van der Waals surface area contributed by atoms with Crippen molar-refractivity contribution in [3.63, 3.8) is 0 Å². The van der Waals surface area contributed by atoms with Crippen molar-refractivity contribution in [2.75, 3.05) is 5.32 Å². The van der Waals surface area contributed by atoms with Gasteiger partial charge in [0.25, 0.3) is 0 Å². The fourth-order valence-electron chi connectivity index (χ4n) is 5.30. The highest BCUT2D eigenvalue weighted by Crippen LogP contribution is 2.33. The number of rotatable bonds is 24. The zero-order valence-corrected chi connectivity index (χ0v) is 22.9. The van der Waals surface area contributed by atoms with Gasteiger partial charge in [-0.3, -0.25) is 0 Å². The van der Waals surface area contributed by atoms with Crippen LogP contribution < -0.4 is 5.32 Å². The minimum Gasteiger partial charge on any atom is -0.380 e. The molecule has 0 amide bonds. The van der Waals surface area contributed by atoms with E-state index in [9.17, 15) is 0 Å². The van der Waals surface area contributed by atoms with Crippen LogP contribution in [0.5, 0.6) is 0 Å². The van der Waals surface area contributed by atoms with Crippen molar-refractivity contribution in [1.29, 1.82) is 0 Å². The number of hydrogen-bond donors (Lipinski definition) is 1. The van der Waals surface area contributed by atoms with Crippen molar-refractivity contribution >= 4 is 5.69 Å². The Bertz CT molecular complexity index is 492. The van der Waals surface area contributed by atoms with E-state index in [1.54, 1.807) is 0 Å². The zero-order chi connectivity index (χ0) is 23.9. The Labute approximate surface area is 208 Å². The van der Waals surface area contributed by atoms with Crippen LogP contribution in [-0.4, -0.2) is 5.54 Å². The van der Waals surface area contributed by atoms with Gasteiger partial charge < -0.3 is 5.32 Å². The summed E-state index contributed by atoms with van der Waals surface area (Å²) in [6.07, 6.45) is 30.7. The first-order chi connectivity index (χ1) is 16.3. The molecule has 0 radical (unpaired) electrons. The van der Waals surface area contributed by atoms with Gasteiger partial charge in [0.05, 0.1) is 0 Å². The maximum absolute atomic E-state index is 4.11. The Hall–Kier alpha value is -0.980. The van der Waals surface area contributed by atoms with Gasteiger partial charge in [-0.25, -0.2) is 0 Å². The van der Waals surface area contributed by atoms with Crippen molar-refractivity contribution in [2.24, 2.45) is 0 Å². The van der Waals surface area contributed by atoms with Crippen molar-refractivity contribution in [1.82, 2.24) is 0 Å². The molecule has 1 nitrogen and oxygen atoms in total. The van der Waals surface area contributed by atoms with Crippen LogP contribution in [0.2, 0.25) is 0 Å². The van der Waals surface area contributed by atoms with E-state index in [-0.39, 0.29) is 0 Å². The molecule has 0 fully saturated rings. The maximum Gasteiger partial charge on any atom is 0.0373 e. The highest BCUT2D eigenvalue weighted by molar-refractivity contribution is 5.45. The first-order valence-corrected chi connectivity index (χ1v) is 15.1. The Kier molecular flexibility index (Phi) is 19.6. The maximum atomic E-state index is 4.11. The van der Waals surface area contributed by atoms with Gasteiger partial charge in [-0.1, -0.05) is 161 Å². The Balaban J connectivity index is 2.68. The molecule has 0 spiro atoms. The third kappa shape index (κ3) is 16.3. The molecule has 0 saturated heterocycles. The molecule has 1 aromatic rings. The van der Waals surface area contributed by atoms with Crippen LogP contribution >= 0.6 is 0 Å². The summed E-state index contributed by atoms with van der Waals surface area (Å²) < 4.78 is 0. The smallest absolute Gasteiger partial charge is 0.0373 e. The Morgan fingerprint density at radius 2 is 0.788 bits per heavy atom. The second-order valence-electron chi connectivity index (χ2n) is 10.7. The Morgan fingerprint density at radius 3 is 1.15 bits per heavy atom. The molecule has 0 aromatic heterocycles. The first kappa shape index (κ1) is 30.1. The molecule has 1 N–H and O–H groups in total. The molecule has 0 aliphatic carbocycles. The summed E-state index contributed by atoms with van der Waals surface area (Å²) in [5, 5.41) is 4.11. The van der Waals surface area contributed by atoms with Gasteiger partial charge in [-0.2, -0.15) is 0 Å². The van der Waals surface area contributed by atoms with Crippen LogP contribution in [0.25, 0.3) is 0 Å².